The van der Waals surface area contributed by atoms with Crippen molar-refractivity contribution in [2.24, 2.45) is 0 Å². The Morgan fingerprint density at radius 1 is 1.05 bits per heavy atom. The van der Waals surface area contributed by atoms with Gasteiger partial charge in [-0.1, -0.05) is 42.0 Å². The maximum atomic E-state index is 12.2. The van der Waals surface area contributed by atoms with Gasteiger partial charge in [0.1, 0.15) is 0 Å². The highest BCUT2D eigenvalue weighted by Crippen LogP contribution is 2.10. The Kier molecular flexibility index (Phi) is 5.32. The van der Waals surface area contributed by atoms with Crippen molar-refractivity contribution in [3.8, 4) is 6.07 Å². The topological polar surface area (TPSA) is 44.1 Å². The summed E-state index contributed by atoms with van der Waals surface area (Å²) in [4.78, 5) is 13.9. The molecule has 1 amide bonds. The summed E-state index contributed by atoms with van der Waals surface area (Å²) in [5.74, 6) is 0.130. The predicted molar refractivity (Wildman–Crippen MR) is 87.1 cm³/mol. The molecule has 2 aromatic carbocycles. The fourth-order valence-corrected chi connectivity index (χ4v) is 2.24. The lowest BCUT2D eigenvalue weighted by Crippen LogP contribution is -2.26. The Bertz CT molecular complexity index is 666. The largest absolute Gasteiger partial charge is 0.341 e. The first kappa shape index (κ1) is 15.8. The second kappa shape index (κ2) is 7.42. The number of nitrogens with zero attached hydrogens (tertiary/aromatic N) is 2. The summed E-state index contributed by atoms with van der Waals surface area (Å²) in [5.41, 5.74) is 4.08. The molecule has 0 aliphatic rings. The van der Waals surface area contributed by atoms with Gasteiger partial charge in [-0.2, -0.15) is 5.26 Å². The summed E-state index contributed by atoms with van der Waals surface area (Å²) >= 11 is 0. The first-order valence-electron chi connectivity index (χ1n) is 7.37. The van der Waals surface area contributed by atoms with Gasteiger partial charge in [0.2, 0.25) is 5.91 Å². The van der Waals surface area contributed by atoms with E-state index >= 15 is 0 Å². The summed E-state index contributed by atoms with van der Waals surface area (Å²) < 4.78 is 0. The lowest BCUT2D eigenvalue weighted by molar-refractivity contribution is -0.130. The third-order valence-electron chi connectivity index (χ3n) is 3.68. The number of carbonyl (C=O) groups is 1. The second-order valence-electron chi connectivity index (χ2n) is 5.54. The highest BCUT2D eigenvalue weighted by Gasteiger charge is 2.09. The van der Waals surface area contributed by atoms with Gasteiger partial charge in [-0.25, -0.2) is 0 Å². The third-order valence-corrected chi connectivity index (χ3v) is 3.68. The van der Waals surface area contributed by atoms with E-state index in [2.05, 4.69) is 37.3 Å². The zero-order valence-corrected chi connectivity index (χ0v) is 13.0. The van der Waals surface area contributed by atoms with E-state index in [1.54, 1.807) is 17.0 Å². The van der Waals surface area contributed by atoms with Gasteiger partial charge in [0.15, 0.2) is 0 Å². The minimum absolute atomic E-state index is 0.130. The monoisotopic (exact) mass is 292 g/mol. The van der Waals surface area contributed by atoms with Crippen molar-refractivity contribution in [2.75, 3.05) is 7.05 Å². The van der Waals surface area contributed by atoms with Crippen LogP contribution < -0.4 is 0 Å². The summed E-state index contributed by atoms with van der Waals surface area (Å²) in [6, 6.07) is 17.7. The summed E-state index contributed by atoms with van der Waals surface area (Å²) in [5, 5.41) is 8.78. The number of hydrogen-bond donors (Lipinski definition) is 0. The molecule has 3 heteroatoms. The molecule has 0 bridgehead atoms. The molecule has 0 aliphatic heterocycles. The first-order valence-corrected chi connectivity index (χ1v) is 7.37. The summed E-state index contributed by atoms with van der Waals surface area (Å²) in [7, 11) is 1.82. The maximum absolute atomic E-state index is 12.2. The molecule has 0 heterocycles. The van der Waals surface area contributed by atoms with Crippen molar-refractivity contribution in [1.29, 1.82) is 5.26 Å². The van der Waals surface area contributed by atoms with Crippen LogP contribution in [0.25, 0.3) is 0 Å². The van der Waals surface area contributed by atoms with Crippen LogP contribution in [-0.2, 0) is 17.8 Å². The van der Waals surface area contributed by atoms with Crippen molar-refractivity contribution in [1.82, 2.24) is 4.90 Å². The fourth-order valence-electron chi connectivity index (χ4n) is 2.24. The third kappa shape index (κ3) is 4.46. The van der Waals surface area contributed by atoms with Crippen molar-refractivity contribution in [3.05, 3.63) is 70.8 Å². The molecule has 0 N–H and O–H groups in total. The quantitative estimate of drug-likeness (QED) is 0.847. The van der Waals surface area contributed by atoms with Crippen molar-refractivity contribution >= 4 is 5.91 Å². The molecule has 0 aromatic heterocycles. The van der Waals surface area contributed by atoms with Gasteiger partial charge >= 0.3 is 0 Å². The minimum Gasteiger partial charge on any atom is -0.341 e. The van der Waals surface area contributed by atoms with Crippen molar-refractivity contribution < 1.29 is 4.79 Å². The number of carbonyl (C=O) groups excluding carboxylic acids is 1. The van der Waals surface area contributed by atoms with E-state index in [-0.39, 0.29) is 5.91 Å². The maximum Gasteiger partial charge on any atom is 0.222 e. The molecule has 3 nitrogen and oxygen atoms in total. The van der Waals surface area contributed by atoms with Gasteiger partial charge in [-0.3, -0.25) is 4.79 Å². The molecular weight excluding hydrogens is 272 g/mol. The zero-order valence-electron chi connectivity index (χ0n) is 13.0. The average molecular weight is 292 g/mol. The lowest BCUT2D eigenvalue weighted by Gasteiger charge is -2.17. The van der Waals surface area contributed by atoms with E-state index in [9.17, 15) is 4.79 Å². The lowest BCUT2D eigenvalue weighted by atomic mass is 10.1. The van der Waals surface area contributed by atoms with Gasteiger partial charge in [-0.05, 0) is 36.6 Å². The molecule has 0 fully saturated rings. The Balaban J connectivity index is 1.86. The number of benzene rings is 2. The Morgan fingerprint density at radius 2 is 1.64 bits per heavy atom. The van der Waals surface area contributed by atoms with E-state index < -0.39 is 0 Å². The van der Waals surface area contributed by atoms with E-state index in [0.717, 1.165) is 12.0 Å². The molecule has 0 saturated heterocycles. The summed E-state index contributed by atoms with van der Waals surface area (Å²) in [6.45, 7) is 2.62. The molecule has 2 rings (SSSR count). The highest BCUT2D eigenvalue weighted by atomic mass is 16.2. The van der Waals surface area contributed by atoms with Gasteiger partial charge in [-0.15, -0.1) is 0 Å². The Labute approximate surface area is 131 Å². The normalized spacial score (nSPS) is 10.0. The highest BCUT2D eigenvalue weighted by molar-refractivity contribution is 5.76. The molecule has 0 radical (unpaired) electrons. The SMILES string of the molecule is Cc1ccc(CCC(=O)N(C)Cc2ccc(C#N)cc2)cc1. The van der Waals surface area contributed by atoms with Crippen LogP contribution in [0.3, 0.4) is 0 Å². The minimum atomic E-state index is 0.130. The van der Waals surface area contributed by atoms with E-state index in [0.29, 0.717) is 18.5 Å². The van der Waals surface area contributed by atoms with E-state index in [1.807, 2.05) is 19.2 Å². The molecule has 2 aromatic rings. The first-order chi connectivity index (χ1) is 10.6. The Hall–Kier alpha value is -2.60. The second-order valence-corrected chi connectivity index (χ2v) is 5.54. The molecule has 0 spiro atoms. The van der Waals surface area contributed by atoms with Gasteiger partial charge in [0.05, 0.1) is 11.6 Å². The fraction of sp³-hybridized carbons (Fsp3) is 0.263. The van der Waals surface area contributed by atoms with Crippen LogP contribution in [0.5, 0.6) is 0 Å². The van der Waals surface area contributed by atoms with Crippen LogP contribution in [-0.4, -0.2) is 17.9 Å². The summed E-state index contributed by atoms with van der Waals surface area (Å²) in [6.07, 6.45) is 1.27. The number of rotatable bonds is 5. The van der Waals surface area contributed by atoms with Crippen LogP contribution in [0.4, 0.5) is 0 Å². The molecule has 0 atom stereocenters. The van der Waals surface area contributed by atoms with Crippen LogP contribution in [0.1, 0.15) is 28.7 Å². The number of hydrogen-bond acceptors (Lipinski definition) is 2. The average Bonchev–Trinajstić information content (AvgIpc) is 2.54. The van der Waals surface area contributed by atoms with Crippen molar-refractivity contribution in [2.45, 2.75) is 26.3 Å². The molecule has 112 valence electrons. The van der Waals surface area contributed by atoms with E-state index in [4.69, 9.17) is 5.26 Å². The molecule has 0 aliphatic carbocycles. The molecule has 0 saturated carbocycles. The van der Waals surface area contributed by atoms with E-state index in [1.165, 1.54) is 11.1 Å². The predicted octanol–water partition coefficient (Wildman–Crippen LogP) is 3.46. The molecule has 22 heavy (non-hydrogen) atoms. The smallest absolute Gasteiger partial charge is 0.222 e. The van der Waals surface area contributed by atoms with Crippen LogP contribution >= 0.6 is 0 Å². The number of nitriles is 1. The molecule has 0 unspecified atom stereocenters. The van der Waals surface area contributed by atoms with Crippen LogP contribution in [0.2, 0.25) is 0 Å². The number of amides is 1. The van der Waals surface area contributed by atoms with Gasteiger partial charge in [0.25, 0.3) is 0 Å². The zero-order chi connectivity index (χ0) is 15.9. The molecular formula is C19H20N2O. The van der Waals surface area contributed by atoms with Crippen molar-refractivity contribution in [3.63, 3.8) is 0 Å². The number of aryl methyl sites for hydroxylation is 2. The van der Waals surface area contributed by atoms with Gasteiger partial charge in [0, 0.05) is 20.0 Å². The Morgan fingerprint density at radius 3 is 2.23 bits per heavy atom. The van der Waals surface area contributed by atoms with Gasteiger partial charge < -0.3 is 4.90 Å². The van der Waals surface area contributed by atoms with Crippen LogP contribution in [0, 0.1) is 18.3 Å². The van der Waals surface area contributed by atoms with Crippen LogP contribution in [0.15, 0.2) is 48.5 Å². The standard InChI is InChI=1S/C19H20N2O/c1-15-3-5-16(6-4-15)11-12-19(22)21(2)14-18-9-7-17(13-20)8-10-18/h3-10H,11-12,14H2,1-2H3.